The third kappa shape index (κ3) is 3.46. The van der Waals surface area contributed by atoms with Gasteiger partial charge in [-0.2, -0.15) is 0 Å². The van der Waals surface area contributed by atoms with E-state index in [4.69, 9.17) is 14.5 Å². The highest BCUT2D eigenvalue weighted by Crippen LogP contribution is 2.45. The molecule has 0 saturated carbocycles. The summed E-state index contributed by atoms with van der Waals surface area (Å²) in [6.07, 6.45) is 0. The van der Waals surface area contributed by atoms with E-state index in [2.05, 4.69) is 0 Å². The fourth-order valence-electron chi connectivity index (χ4n) is 4.83. The van der Waals surface area contributed by atoms with Crippen LogP contribution in [0.4, 0.5) is 0 Å². The Morgan fingerprint density at radius 2 is 1.47 bits per heavy atom. The van der Waals surface area contributed by atoms with Gasteiger partial charge in [0.05, 0.1) is 28.9 Å². The fraction of sp³-hybridized carbons (Fsp3) is 0.100. The lowest BCUT2D eigenvalue weighted by Gasteiger charge is -2.14. The van der Waals surface area contributed by atoms with E-state index in [1.165, 1.54) is 0 Å². The quantitative estimate of drug-likeness (QED) is 0.278. The largest absolute Gasteiger partial charge is 0.462 e. The van der Waals surface area contributed by atoms with Crippen LogP contribution in [0.3, 0.4) is 0 Å². The highest BCUT2D eigenvalue weighted by molar-refractivity contribution is 6.10. The molecular weight excluding hydrogens is 452 g/mol. The predicted molar refractivity (Wildman–Crippen MR) is 137 cm³/mol. The lowest BCUT2D eigenvalue weighted by molar-refractivity contribution is 0.0455. The van der Waals surface area contributed by atoms with Gasteiger partial charge in [0.25, 0.3) is 0 Å². The number of aromatic nitrogens is 2. The highest BCUT2D eigenvalue weighted by Gasteiger charge is 2.30. The number of carbonyl (C=O) groups is 2. The number of hydrogen-bond acceptors (Lipinski definition) is 5. The van der Waals surface area contributed by atoms with Crippen molar-refractivity contribution in [3.63, 3.8) is 0 Å². The van der Waals surface area contributed by atoms with Gasteiger partial charge in [-0.25, -0.2) is 14.6 Å². The molecule has 5 aromatic rings. The standard InChI is InChI=1S/C30H22N2O4/c1-2-35-29(33)23-15-8-13-21-20-12-6-7-17-25(20)32-27-22(26(21)23)14-9-16-24(27)31-28(32)30(34)36-18-19-10-4-3-5-11-19/h3-17H,2,18H2,1H3. The third-order valence-corrected chi connectivity index (χ3v) is 6.34. The summed E-state index contributed by atoms with van der Waals surface area (Å²) >= 11 is 0. The van der Waals surface area contributed by atoms with E-state index < -0.39 is 5.97 Å². The van der Waals surface area contributed by atoms with Crippen molar-refractivity contribution in [2.75, 3.05) is 6.61 Å². The Hall–Kier alpha value is -4.71. The molecule has 176 valence electrons. The minimum absolute atomic E-state index is 0.143. The minimum atomic E-state index is -0.521. The number of hydrogen-bond donors (Lipinski definition) is 0. The molecule has 0 fully saturated rings. The number of ether oxygens (including phenoxy) is 2. The van der Waals surface area contributed by atoms with E-state index in [1.807, 2.05) is 89.5 Å². The molecule has 0 saturated heterocycles. The van der Waals surface area contributed by atoms with Crippen molar-refractivity contribution in [1.82, 2.24) is 9.55 Å². The van der Waals surface area contributed by atoms with E-state index in [-0.39, 0.29) is 25.0 Å². The van der Waals surface area contributed by atoms with E-state index in [9.17, 15) is 9.59 Å². The first-order valence-electron chi connectivity index (χ1n) is 11.8. The molecule has 0 unspecified atom stereocenters. The lowest BCUT2D eigenvalue weighted by Crippen LogP contribution is -2.13. The van der Waals surface area contributed by atoms with Crippen LogP contribution in [0.1, 0.15) is 33.5 Å². The van der Waals surface area contributed by atoms with E-state index in [0.717, 1.165) is 39.0 Å². The van der Waals surface area contributed by atoms with Crippen LogP contribution in [-0.2, 0) is 16.1 Å². The van der Waals surface area contributed by atoms with Crippen LogP contribution in [-0.4, -0.2) is 28.1 Å². The smallest absolute Gasteiger partial charge is 0.375 e. The Bertz CT molecular complexity index is 1640. The molecule has 0 N–H and O–H groups in total. The molecule has 6 heteroatoms. The molecule has 0 radical (unpaired) electrons. The maximum Gasteiger partial charge on any atom is 0.375 e. The Kier molecular flexibility index (Phi) is 5.34. The van der Waals surface area contributed by atoms with Crippen LogP contribution in [0.2, 0.25) is 0 Å². The van der Waals surface area contributed by atoms with Crippen LogP contribution >= 0.6 is 0 Å². The number of nitrogens with zero attached hydrogens (tertiary/aromatic N) is 2. The number of benzene rings is 4. The SMILES string of the molecule is CCOC(=O)c1cccc2c1-c1cccc3nc(C(=O)OCc4ccccc4)n(c13)-c1ccccc1-2. The summed E-state index contributed by atoms with van der Waals surface area (Å²) in [4.78, 5) is 31.1. The molecule has 36 heavy (non-hydrogen) atoms. The molecule has 6 rings (SSSR count). The van der Waals surface area contributed by atoms with Crippen LogP contribution in [0.5, 0.6) is 0 Å². The van der Waals surface area contributed by atoms with Crippen LogP contribution in [0.25, 0.3) is 39.0 Å². The second-order valence-corrected chi connectivity index (χ2v) is 8.47. The summed E-state index contributed by atoms with van der Waals surface area (Å²) in [6, 6.07) is 28.7. The Labute approximate surface area is 207 Å². The zero-order valence-corrected chi connectivity index (χ0v) is 19.6. The van der Waals surface area contributed by atoms with Gasteiger partial charge >= 0.3 is 11.9 Å². The first-order chi connectivity index (χ1) is 17.7. The highest BCUT2D eigenvalue weighted by atomic mass is 16.5. The maximum atomic E-state index is 13.4. The second-order valence-electron chi connectivity index (χ2n) is 8.47. The average molecular weight is 475 g/mol. The van der Waals surface area contributed by atoms with Crippen molar-refractivity contribution in [2.45, 2.75) is 13.5 Å². The molecule has 1 aromatic heterocycles. The molecule has 1 aliphatic rings. The summed E-state index contributed by atoms with van der Waals surface area (Å²) in [6.45, 7) is 2.21. The molecule has 4 aromatic carbocycles. The number of fused-ring (bicyclic) bond motifs is 5. The van der Waals surface area contributed by atoms with Crippen LogP contribution in [0, 0.1) is 0 Å². The van der Waals surface area contributed by atoms with Gasteiger partial charge in [-0.1, -0.05) is 72.8 Å². The molecule has 2 heterocycles. The number of esters is 2. The van der Waals surface area contributed by atoms with E-state index in [1.54, 1.807) is 13.0 Å². The van der Waals surface area contributed by atoms with Crippen LogP contribution in [0.15, 0.2) is 91.0 Å². The van der Waals surface area contributed by atoms with Gasteiger partial charge in [-0.05, 0) is 36.2 Å². The summed E-state index contributed by atoms with van der Waals surface area (Å²) in [7, 11) is 0. The van der Waals surface area contributed by atoms with Gasteiger partial charge in [0, 0.05) is 16.7 Å². The maximum absolute atomic E-state index is 13.4. The van der Waals surface area contributed by atoms with Gasteiger partial charge in [-0.15, -0.1) is 0 Å². The molecule has 1 aliphatic heterocycles. The third-order valence-electron chi connectivity index (χ3n) is 6.34. The average Bonchev–Trinajstić information content (AvgIpc) is 3.26. The summed E-state index contributed by atoms with van der Waals surface area (Å²) in [5, 5.41) is 0. The first kappa shape index (κ1) is 21.8. The van der Waals surface area contributed by atoms with Crippen LogP contribution < -0.4 is 0 Å². The number of rotatable bonds is 5. The van der Waals surface area contributed by atoms with Gasteiger partial charge in [0.1, 0.15) is 6.61 Å². The monoisotopic (exact) mass is 474 g/mol. The van der Waals surface area contributed by atoms with Gasteiger partial charge in [0.2, 0.25) is 5.82 Å². The molecule has 0 aliphatic carbocycles. The van der Waals surface area contributed by atoms with Gasteiger partial charge in [0.15, 0.2) is 0 Å². The second kappa shape index (κ2) is 8.82. The summed E-state index contributed by atoms with van der Waals surface area (Å²) in [5.74, 6) is -0.724. The Morgan fingerprint density at radius 1 is 0.750 bits per heavy atom. The van der Waals surface area contributed by atoms with Gasteiger partial charge in [-0.3, -0.25) is 4.57 Å². The van der Waals surface area contributed by atoms with E-state index >= 15 is 0 Å². The normalized spacial score (nSPS) is 11.4. The van der Waals surface area contributed by atoms with Crippen molar-refractivity contribution in [2.24, 2.45) is 0 Å². The molecule has 0 bridgehead atoms. The number of para-hydroxylation sites is 2. The fourth-order valence-corrected chi connectivity index (χ4v) is 4.83. The molecule has 0 atom stereocenters. The van der Waals surface area contributed by atoms with E-state index in [0.29, 0.717) is 11.1 Å². The molecule has 6 nitrogen and oxygen atoms in total. The van der Waals surface area contributed by atoms with Crippen molar-refractivity contribution in [3.05, 3.63) is 108 Å². The first-order valence-corrected chi connectivity index (χ1v) is 11.8. The zero-order chi connectivity index (χ0) is 24.6. The van der Waals surface area contributed by atoms with Crippen molar-refractivity contribution in [1.29, 1.82) is 0 Å². The molecular formula is C30H22N2O4. The summed E-state index contributed by atoms with van der Waals surface area (Å²) < 4.78 is 12.9. The topological polar surface area (TPSA) is 70.4 Å². The minimum Gasteiger partial charge on any atom is -0.462 e. The molecule has 0 amide bonds. The van der Waals surface area contributed by atoms with Crippen molar-refractivity contribution >= 4 is 23.0 Å². The number of carbonyl (C=O) groups excluding carboxylic acids is 2. The summed E-state index contributed by atoms with van der Waals surface area (Å²) in [5.41, 5.74) is 6.87. The van der Waals surface area contributed by atoms with Crippen molar-refractivity contribution in [3.8, 4) is 27.9 Å². The zero-order valence-electron chi connectivity index (χ0n) is 19.6. The predicted octanol–water partition coefficient (Wildman–Crippen LogP) is 6.21. The van der Waals surface area contributed by atoms with Crippen molar-refractivity contribution < 1.29 is 19.1 Å². The molecule has 0 spiro atoms. The van der Waals surface area contributed by atoms with Gasteiger partial charge < -0.3 is 9.47 Å². The lowest BCUT2D eigenvalue weighted by atomic mass is 9.90. The Morgan fingerprint density at radius 3 is 2.31 bits per heavy atom. The Balaban J connectivity index is 1.59. The number of imidazole rings is 1.